The molecule has 1 aromatic heterocycles. The maximum atomic E-state index is 10.5. The van der Waals surface area contributed by atoms with Crippen molar-refractivity contribution in [2.75, 3.05) is 0 Å². The molecule has 1 heterocycles. The summed E-state index contributed by atoms with van der Waals surface area (Å²) in [5.41, 5.74) is 0.959. The van der Waals surface area contributed by atoms with Crippen LogP contribution in [0.1, 0.15) is 0 Å². The van der Waals surface area contributed by atoms with Gasteiger partial charge < -0.3 is 5.21 Å². The van der Waals surface area contributed by atoms with Crippen molar-refractivity contribution < 1.29 is 10.4 Å². The zero-order chi connectivity index (χ0) is 9.97. The Morgan fingerprint density at radius 1 is 1.29 bits per heavy atom. The Labute approximate surface area is 78.5 Å². The Hall–Kier alpha value is -1.83. The molecule has 0 fully saturated rings. The molecule has 2 aromatic rings. The smallest absolute Gasteiger partial charge is 0.204 e. The van der Waals surface area contributed by atoms with Gasteiger partial charge in [0, 0.05) is 17.7 Å². The van der Waals surface area contributed by atoms with Crippen LogP contribution in [0.5, 0.6) is 0 Å². The number of benzene rings is 1. The van der Waals surface area contributed by atoms with Gasteiger partial charge >= 0.3 is 0 Å². The van der Waals surface area contributed by atoms with Gasteiger partial charge in [0.05, 0.1) is 0 Å². The van der Waals surface area contributed by atoms with Crippen LogP contribution < -0.4 is 5.23 Å². The van der Waals surface area contributed by atoms with E-state index in [9.17, 15) is 5.21 Å². The third-order valence-electron chi connectivity index (χ3n) is 1.74. The lowest BCUT2D eigenvalue weighted by Crippen LogP contribution is -2.99. The minimum Gasteiger partial charge on any atom is -0.595 e. The molecule has 0 bridgehead atoms. The van der Waals surface area contributed by atoms with Gasteiger partial charge in [-0.25, -0.2) is 5.21 Å². The predicted octanol–water partition coefficient (Wildman–Crippen LogP) is -0.730. The molecule has 72 valence electrons. The van der Waals surface area contributed by atoms with Crippen LogP contribution >= 0.6 is 0 Å². The molecule has 14 heavy (non-hydrogen) atoms. The number of hydrogen-bond donors (Lipinski definition) is 3. The number of aromatic nitrogens is 4. The molecule has 0 aliphatic carbocycles. The summed E-state index contributed by atoms with van der Waals surface area (Å²) < 4.78 is 0. The Kier molecular flexibility index (Phi) is 2.19. The van der Waals surface area contributed by atoms with E-state index in [1.54, 1.807) is 12.1 Å². The maximum Gasteiger partial charge on any atom is 0.204 e. The summed E-state index contributed by atoms with van der Waals surface area (Å²) in [4.78, 5) is 0. The molecule has 0 aliphatic heterocycles. The van der Waals surface area contributed by atoms with Crippen LogP contribution in [0.15, 0.2) is 24.3 Å². The molecule has 1 unspecified atom stereocenters. The molecular weight excluding hydrogens is 186 g/mol. The molecule has 0 spiro atoms. The fourth-order valence-electron chi connectivity index (χ4n) is 1.05. The average Bonchev–Trinajstić information content (AvgIpc) is 2.71. The van der Waals surface area contributed by atoms with E-state index >= 15 is 0 Å². The largest absolute Gasteiger partial charge is 0.595 e. The second kappa shape index (κ2) is 3.50. The SMILES string of the molecule is [O-][NH+](O)c1ccc(-c2nn[nH]n2)cc1. The summed E-state index contributed by atoms with van der Waals surface area (Å²) in [6.45, 7) is 0. The molecular formula is C7H7N5O2. The van der Waals surface area contributed by atoms with E-state index in [0.717, 1.165) is 5.56 Å². The molecule has 3 N–H and O–H groups in total. The lowest BCUT2D eigenvalue weighted by molar-refractivity contribution is -0.991. The number of rotatable bonds is 2. The summed E-state index contributed by atoms with van der Waals surface area (Å²) in [7, 11) is 0. The van der Waals surface area contributed by atoms with Crippen LogP contribution in [-0.2, 0) is 0 Å². The fourth-order valence-corrected chi connectivity index (χ4v) is 1.05. The van der Waals surface area contributed by atoms with E-state index in [-0.39, 0.29) is 5.69 Å². The van der Waals surface area contributed by atoms with E-state index in [4.69, 9.17) is 5.21 Å². The van der Waals surface area contributed by atoms with E-state index in [2.05, 4.69) is 20.6 Å². The molecule has 0 aliphatic rings. The summed E-state index contributed by atoms with van der Waals surface area (Å²) in [5, 5.41) is 31.5. The quantitative estimate of drug-likeness (QED) is 0.546. The molecule has 2 rings (SSSR count). The van der Waals surface area contributed by atoms with E-state index in [0.29, 0.717) is 5.82 Å². The van der Waals surface area contributed by atoms with Gasteiger partial charge in [-0.2, -0.15) is 10.4 Å². The molecule has 7 nitrogen and oxygen atoms in total. The van der Waals surface area contributed by atoms with Gasteiger partial charge in [-0.1, -0.05) is 0 Å². The van der Waals surface area contributed by atoms with Gasteiger partial charge in [0.2, 0.25) is 5.82 Å². The summed E-state index contributed by atoms with van der Waals surface area (Å²) >= 11 is 0. The minimum absolute atomic E-state index is 0.234. The zero-order valence-corrected chi connectivity index (χ0v) is 7.01. The third-order valence-corrected chi connectivity index (χ3v) is 1.74. The monoisotopic (exact) mass is 193 g/mol. The van der Waals surface area contributed by atoms with Crippen molar-refractivity contribution in [2.45, 2.75) is 0 Å². The minimum atomic E-state index is -0.954. The van der Waals surface area contributed by atoms with Crippen LogP contribution in [0.3, 0.4) is 0 Å². The summed E-state index contributed by atoms with van der Waals surface area (Å²) in [6, 6.07) is 6.25. The molecule has 0 saturated carbocycles. The standard InChI is InChI=1S/C7H7N5O2/c13-12(14)6-3-1-5(2-4-6)7-8-10-11-9-7/h1-4,12-13H,(H,8,9,10,11). The van der Waals surface area contributed by atoms with Crippen LogP contribution in [0.2, 0.25) is 0 Å². The number of nitrogens with one attached hydrogen (secondary N) is 2. The predicted molar refractivity (Wildman–Crippen MR) is 45.4 cm³/mol. The highest BCUT2D eigenvalue weighted by Gasteiger charge is 2.04. The van der Waals surface area contributed by atoms with Crippen LogP contribution in [0, 0.1) is 5.21 Å². The summed E-state index contributed by atoms with van der Waals surface area (Å²) in [6.07, 6.45) is 0. The van der Waals surface area contributed by atoms with Crippen LogP contribution in [0.25, 0.3) is 11.4 Å². The Bertz CT molecular complexity index is 397. The highest BCUT2D eigenvalue weighted by Crippen LogP contribution is 2.14. The zero-order valence-electron chi connectivity index (χ0n) is 7.01. The van der Waals surface area contributed by atoms with Gasteiger partial charge in [-0.05, 0) is 17.3 Å². The van der Waals surface area contributed by atoms with Crippen molar-refractivity contribution in [1.82, 2.24) is 20.6 Å². The first kappa shape index (κ1) is 8.75. The topological polar surface area (TPSA) is 102 Å². The Morgan fingerprint density at radius 3 is 2.50 bits per heavy atom. The number of hydrogen-bond acceptors (Lipinski definition) is 5. The molecule has 0 amide bonds. The van der Waals surface area contributed by atoms with Crippen molar-refractivity contribution in [1.29, 1.82) is 0 Å². The lowest BCUT2D eigenvalue weighted by atomic mass is 10.2. The first-order chi connectivity index (χ1) is 6.77. The van der Waals surface area contributed by atoms with Gasteiger partial charge in [-0.15, -0.1) is 10.2 Å². The Balaban J connectivity index is 2.31. The normalized spacial score (nSPS) is 12.7. The van der Waals surface area contributed by atoms with Crippen molar-refractivity contribution >= 4 is 5.69 Å². The molecule has 0 saturated heterocycles. The highest BCUT2D eigenvalue weighted by atomic mass is 16.8. The van der Waals surface area contributed by atoms with Gasteiger partial charge in [0.1, 0.15) is 0 Å². The summed E-state index contributed by atoms with van der Waals surface area (Å²) in [5.74, 6) is 0.446. The fraction of sp³-hybridized carbons (Fsp3) is 0. The Morgan fingerprint density at radius 2 is 2.00 bits per heavy atom. The van der Waals surface area contributed by atoms with E-state index in [1.165, 1.54) is 12.1 Å². The maximum absolute atomic E-state index is 10.5. The first-order valence-electron chi connectivity index (χ1n) is 3.84. The van der Waals surface area contributed by atoms with Crippen molar-refractivity contribution in [3.8, 4) is 11.4 Å². The van der Waals surface area contributed by atoms with Crippen LogP contribution in [0.4, 0.5) is 5.69 Å². The van der Waals surface area contributed by atoms with E-state index in [1.807, 2.05) is 0 Å². The molecule has 0 radical (unpaired) electrons. The highest BCUT2D eigenvalue weighted by molar-refractivity contribution is 5.55. The van der Waals surface area contributed by atoms with Crippen molar-refractivity contribution in [3.05, 3.63) is 29.5 Å². The van der Waals surface area contributed by atoms with E-state index < -0.39 is 5.23 Å². The van der Waals surface area contributed by atoms with Crippen LogP contribution in [-0.4, -0.2) is 25.8 Å². The van der Waals surface area contributed by atoms with Crippen molar-refractivity contribution in [2.24, 2.45) is 0 Å². The van der Waals surface area contributed by atoms with Gasteiger partial charge in [0.25, 0.3) is 0 Å². The molecule has 1 aromatic carbocycles. The molecule has 1 atom stereocenters. The number of aromatic amines is 1. The number of tetrazole rings is 1. The van der Waals surface area contributed by atoms with Gasteiger partial charge in [-0.3, -0.25) is 0 Å². The first-order valence-corrected chi connectivity index (χ1v) is 3.84. The van der Waals surface area contributed by atoms with Crippen molar-refractivity contribution in [3.63, 3.8) is 0 Å². The molecule has 7 heteroatoms. The number of nitrogens with zero attached hydrogens (tertiary/aromatic N) is 3. The number of H-pyrrole nitrogens is 1. The third kappa shape index (κ3) is 1.59. The second-order valence-electron chi connectivity index (χ2n) is 2.62. The lowest BCUT2D eigenvalue weighted by Gasteiger charge is -2.10. The number of quaternary nitrogens is 1. The average molecular weight is 193 g/mol. The second-order valence-corrected chi connectivity index (χ2v) is 2.62. The van der Waals surface area contributed by atoms with Gasteiger partial charge in [0.15, 0.2) is 5.69 Å².